The predicted octanol–water partition coefficient (Wildman–Crippen LogP) is 6.51. The van der Waals surface area contributed by atoms with Gasteiger partial charge in [0.1, 0.15) is 24.7 Å². The Kier molecular flexibility index (Phi) is 12.3. The summed E-state index contributed by atoms with van der Waals surface area (Å²) in [6.45, 7) is 7.53. The van der Waals surface area contributed by atoms with Gasteiger partial charge in [0.15, 0.2) is 0 Å². The molecule has 0 aliphatic carbocycles. The summed E-state index contributed by atoms with van der Waals surface area (Å²) in [7, 11) is 0. The molecular weight excluding hydrogens is 412 g/mol. The van der Waals surface area contributed by atoms with Crippen LogP contribution in [0, 0.1) is 5.92 Å². The van der Waals surface area contributed by atoms with Gasteiger partial charge in [-0.15, -0.1) is 0 Å². The third-order valence-corrected chi connectivity index (χ3v) is 6.63. The van der Waals surface area contributed by atoms with E-state index in [9.17, 15) is 0 Å². The van der Waals surface area contributed by atoms with E-state index in [0.29, 0.717) is 19.1 Å². The summed E-state index contributed by atoms with van der Waals surface area (Å²) in [5.74, 6) is 2.18. The molecule has 33 heavy (non-hydrogen) atoms. The standard InChI is InChI=1S/C29H44O4/c1-4-6-7-8-9-18-29(23-24(3)5-2,25-10-14-27(15-11-25)32-21-19-30)26-12-16-28(17-13-26)33-22-20-31/h10-17,24,30-31H,4-9,18-23H2,1-3H3. The normalized spacial score (nSPS) is 12.5. The summed E-state index contributed by atoms with van der Waals surface area (Å²) in [4.78, 5) is 0. The lowest BCUT2D eigenvalue weighted by Crippen LogP contribution is -2.30. The molecular formula is C29H44O4. The van der Waals surface area contributed by atoms with Gasteiger partial charge < -0.3 is 19.7 Å². The number of unbranched alkanes of at least 4 members (excludes halogenated alkanes) is 4. The molecule has 0 heterocycles. The zero-order chi connectivity index (χ0) is 23.9. The van der Waals surface area contributed by atoms with Crippen molar-refractivity contribution in [3.63, 3.8) is 0 Å². The number of benzene rings is 2. The first-order valence-corrected chi connectivity index (χ1v) is 12.8. The summed E-state index contributed by atoms with van der Waals surface area (Å²) >= 11 is 0. The van der Waals surface area contributed by atoms with Gasteiger partial charge >= 0.3 is 0 Å². The van der Waals surface area contributed by atoms with Crippen LogP contribution in [0.5, 0.6) is 11.5 Å². The lowest BCUT2D eigenvalue weighted by atomic mass is 9.66. The maximum Gasteiger partial charge on any atom is 0.119 e. The quantitative estimate of drug-likeness (QED) is 0.266. The lowest BCUT2D eigenvalue weighted by Gasteiger charge is -2.38. The molecule has 1 unspecified atom stereocenters. The zero-order valence-corrected chi connectivity index (χ0v) is 20.9. The predicted molar refractivity (Wildman–Crippen MR) is 136 cm³/mol. The maximum atomic E-state index is 9.07. The molecule has 1 atom stereocenters. The molecule has 2 aromatic rings. The highest BCUT2D eigenvalue weighted by molar-refractivity contribution is 5.43. The molecule has 0 radical (unpaired) electrons. The molecule has 0 spiro atoms. The Morgan fingerprint density at radius 3 is 1.64 bits per heavy atom. The van der Waals surface area contributed by atoms with E-state index in [0.717, 1.165) is 30.8 Å². The van der Waals surface area contributed by atoms with E-state index in [2.05, 4.69) is 45.0 Å². The first kappa shape index (κ1) is 27.2. The minimum Gasteiger partial charge on any atom is -0.491 e. The first-order chi connectivity index (χ1) is 16.1. The Balaban J connectivity index is 2.42. The fourth-order valence-corrected chi connectivity index (χ4v) is 4.63. The summed E-state index contributed by atoms with van der Waals surface area (Å²) < 4.78 is 11.2. The SMILES string of the molecule is CCCCCCCC(CC(C)CC)(c1ccc(OCCO)cc1)c1ccc(OCCO)cc1. The van der Waals surface area contributed by atoms with E-state index in [1.54, 1.807) is 0 Å². The van der Waals surface area contributed by atoms with Crippen LogP contribution in [0.2, 0.25) is 0 Å². The molecule has 0 bridgehead atoms. The molecule has 0 aliphatic rings. The molecule has 4 nitrogen and oxygen atoms in total. The van der Waals surface area contributed by atoms with E-state index in [4.69, 9.17) is 19.7 Å². The topological polar surface area (TPSA) is 58.9 Å². The summed E-state index contributed by atoms with van der Waals surface area (Å²) in [5, 5.41) is 18.1. The third-order valence-electron chi connectivity index (χ3n) is 6.63. The van der Waals surface area contributed by atoms with Crippen molar-refractivity contribution in [1.29, 1.82) is 0 Å². The van der Waals surface area contributed by atoms with Crippen LogP contribution >= 0.6 is 0 Å². The Morgan fingerprint density at radius 1 is 0.727 bits per heavy atom. The highest BCUT2D eigenvalue weighted by Crippen LogP contribution is 2.44. The van der Waals surface area contributed by atoms with E-state index in [1.807, 2.05) is 24.3 Å². The summed E-state index contributed by atoms with van der Waals surface area (Å²) in [6.07, 6.45) is 9.63. The Bertz CT molecular complexity index is 703. The lowest BCUT2D eigenvalue weighted by molar-refractivity contribution is 0.201. The van der Waals surface area contributed by atoms with Crippen LogP contribution in [0.4, 0.5) is 0 Å². The van der Waals surface area contributed by atoms with Gasteiger partial charge in [0.05, 0.1) is 13.2 Å². The molecule has 0 aromatic heterocycles. The third kappa shape index (κ3) is 8.35. The van der Waals surface area contributed by atoms with Crippen LogP contribution in [0.1, 0.15) is 83.3 Å². The van der Waals surface area contributed by atoms with Crippen molar-refractivity contribution >= 4 is 0 Å². The van der Waals surface area contributed by atoms with Crippen molar-refractivity contribution < 1.29 is 19.7 Å². The van der Waals surface area contributed by atoms with Gasteiger partial charge in [-0.2, -0.15) is 0 Å². The van der Waals surface area contributed by atoms with Gasteiger partial charge in [0.2, 0.25) is 0 Å². The van der Waals surface area contributed by atoms with Crippen molar-refractivity contribution in [3.05, 3.63) is 59.7 Å². The molecule has 0 amide bonds. The highest BCUT2D eigenvalue weighted by atomic mass is 16.5. The fraction of sp³-hybridized carbons (Fsp3) is 0.586. The smallest absolute Gasteiger partial charge is 0.119 e. The van der Waals surface area contributed by atoms with Crippen molar-refractivity contribution in [2.75, 3.05) is 26.4 Å². The first-order valence-electron chi connectivity index (χ1n) is 12.8. The van der Waals surface area contributed by atoms with Crippen molar-refractivity contribution in [3.8, 4) is 11.5 Å². The number of aliphatic hydroxyl groups excluding tert-OH is 2. The zero-order valence-electron chi connectivity index (χ0n) is 20.9. The van der Waals surface area contributed by atoms with Gasteiger partial charge in [-0.05, 0) is 54.2 Å². The van der Waals surface area contributed by atoms with E-state index < -0.39 is 0 Å². The van der Waals surface area contributed by atoms with Crippen molar-refractivity contribution in [1.82, 2.24) is 0 Å². The molecule has 2 aromatic carbocycles. The Hall–Kier alpha value is -2.04. The largest absolute Gasteiger partial charge is 0.491 e. The molecule has 0 saturated carbocycles. The second-order valence-corrected chi connectivity index (χ2v) is 9.16. The van der Waals surface area contributed by atoms with Gasteiger partial charge in [-0.1, -0.05) is 83.6 Å². The van der Waals surface area contributed by atoms with E-state index in [-0.39, 0.29) is 18.6 Å². The van der Waals surface area contributed by atoms with E-state index in [1.165, 1.54) is 43.2 Å². The number of hydrogen-bond acceptors (Lipinski definition) is 4. The van der Waals surface area contributed by atoms with Gasteiger partial charge in [-0.25, -0.2) is 0 Å². The molecule has 0 aliphatic heterocycles. The van der Waals surface area contributed by atoms with Gasteiger partial charge in [0, 0.05) is 5.41 Å². The number of aliphatic hydroxyl groups is 2. The van der Waals surface area contributed by atoms with E-state index >= 15 is 0 Å². The molecule has 4 heteroatoms. The van der Waals surface area contributed by atoms with Crippen LogP contribution in [-0.4, -0.2) is 36.6 Å². The average Bonchev–Trinajstić information content (AvgIpc) is 2.86. The molecule has 2 N–H and O–H groups in total. The van der Waals surface area contributed by atoms with Crippen LogP contribution < -0.4 is 9.47 Å². The van der Waals surface area contributed by atoms with Crippen molar-refractivity contribution in [2.45, 2.75) is 77.6 Å². The van der Waals surface area contributed by atoms with Crippen LogP contribution in [0.3, 0.4) is 0 Å². The van der Waals surface area contributed by atoms with Gasteiger partial charge in [0.25, 0.3) is 0 Å². The minimum atomic E-state index is -0.0767. The number of rotatable bonds is 17. The average molecular weight is 457 g/mol. The molecule has 0 fully saturated rings. The monoisotopic (exact) mass is 456 g/mol. The number of ether oxygens (including phenoxy) is 2. The molecule has 0 saturated heterocycles. The van der Waals surface area contributed by atoms with Crippen LogP contribution in [0.25, 0.3) is 0 Å². The number of hydrogen-bond donors (Lipinski definition) is 2. The summed E-state index contributed by atoms with van der Waals surface area (Å²) in [6, 6.07) is 17.0. The van der Waals surface area contributed by atoms with Crippen LogP contribution in [0.15, 0.2) is 48.5 Å². The van der Waals surface area contributed by atoms with Crippen molar-refractivity contribution in [2.24, 2.45) is 5.92 Å². The van der Waals surface area contributed by atoms with Gasteiger partial charge in [-0.3, -0.25) is 0 Å². The second-order valence-electron chi connectivity index (χ2n) is 9.16. The maximum absolute atomic E-state index is 9.07. The minimum absolute atomic E-state index is 0.0160. The summed E-state index contributed by atoms with van der Waals surface area (Å²) in [5.41, 5.74) is 2.56. The van der Waals surface area contributed by atoms with Crippen LogP contribution in [-0.2, 0) is 5.41 Å². The Morgan fingerprint density at radius 2 is 1.21 bits per heavy atom. The molecule has 2 rings (SSSR count). The second kappa shape index (κ2) is 15.0. The molecule has 184 valence electrons. The Labute approximate surface area is 201 Å². The highest BCUT2D eigenvalue weighted by Gasteiger charge is 2.35. The fourth-order valence-electron chi connectivity index (χ4n) is 4.63.